The minimum Gasteiger partial charge on any atom is -0.497 e. The van der Waals surface area contributed by atoms with Crippen molar-refractivity contribution in [3.8, 4) is 5.75 Å². The summed E-state index contributed by atoms with van der Waals surface area (Å²) >= 11 is 3.72. The lowest BCUT2D eigenvalue weighted by Gasteiger charge is -2.43. The first kappa shape index (κ1) is 22.0. The first-order chi connectivity index (χ1) is 9.43. The van der Waals surface area contributed by atoms with E-state index < -0.39 is 0 Å². The van der Waals surface area contributed by atoms with Gasteiger partial charge in [0.1, 0.15) is 5.75 Å². The SMILES string of the molecule is COc1ccc(Br)c([C@H](N2CCNCC2)C(C)(C)C)c1.Cl.Cl. The summed E-state index contributed by atoms with van der Waals surface area (Å²) in [6, 6.07) is 6.65. The third kappa shape index (κ3) is 5.27. The Morgan fingerprint density at radius 2 is 1.77 bits per heavy atom. The topological polar surface area (TPSA) is 24.5 Å². The predicted octanol–water partition coefficient (Wildman–Crippen LogP) is 4.29. The first-order valence-electron chi connectivity index (χ1n) is 7.21. The molecule has 1 fully saturated rings. The molecule has 0 aliphatic carbocycles. The van der Waals surface area contributed by atoms with Gasteiger partial charge in [0.15, 0.2) is 0 Å². The highest BCUT2D eigenvalue weighted by Gasteiger charge is 2.33. The van der Waals surface area contributed by atoms with Gasteiger partial charge in [-0.1, -0.05) is 36.7 Å². The molecule has 0 amide bonds. The smallest absolute Gasteiger partial charge is 0.119 e. The monoisotopic (exact) mass is 412 g/mol. The molecular weight excluding hydrogens is 387 g/mol. The second kappa shape index (κ2) is 9.33. The number of methoxy groups -OCH3 is 1. The Bertz CT molecular complexity index is 460. The second-order valence-electron chi connectivity index (χ2n) is 6.44. The van der Waals surface area contributed by atoms with Crippen LogP contribution in [0.2, 0.25) is 0 Å². The molecule has 1 heterocycles. The van der Waals surface area contributed by atoms with Crippen molar-refractivity contribution in [2.75, 3.05) is 33.3 Å². The van der Waals surface area contributed by atoms with E-state index >= 15 is 0 Å². The summed E-state index contributed by atoms with van der Waals surface area (Å²) in [5.41, 5.74) is 1.49. The molecular formula is C16H27BrCl2N2O. The normalized spacial score (nSPS) is 17.1. The van der Waals surface area contributed by atoms with Gasteiger partial charge < -0.3 is 10.1 Å². The molecule has 128 valence electrons. The van der Waals surface area contributed by atoms with E-state index in [1.165, 1.54) is 5.56 Å². The lowest BCUT2D eigenvalue weighted by molar-refractivity contribution is 0.0855. The Balaban J connectivity index is 0.00000220. The number of halogens is 3. The van der Waals surface area contributed by atoms with Crippen LogP contribution in [0.1, 0.15) is 32.4 Å². The number of nitrogens with zero attached hydrogens (tertiary/aromatic N) is 1. The molecule has 3 nitrogen and oxygen atoms in total. The highest BCUT2D eigenvalue weighted by Crippen LogP contribution is 2.42. The number of benzene rings is 1. The van der Waals surface area contributed by atoms with Gasteiger partial charge in [-0.25, -0.2) is 0 Å². The molecule has 0 radical (unpaired) electrons. The Morgan fingerprint density at radius 1 is 1.18 bits per heavy atom. The van der Waals surface area contributed by atoms with E-state index in [0.29, 0.717) is 6.04 Å². The van der Waals surface area contributed by atoms with E-state index in [0.717, 1.165) is 36.4 Å². The summed E-state index contributed by atoms with van der Waals surface area (Å²) in [7, 11) is 1.73. The van der Waals surface area contributed by atoms with Crippen LogP contribution in [0.4, 0.5) is 0 Å². The van der Waals surface area contributed by atoms with Crippen LogP contribution in [0.15, 0.2) is 22.7 Å². The Hall–Kier alpha value is -0.000000000000000111. The molecule has 6 heteroatoms. The highest BCUT2D eigenvalue weighted by atomic mass is 79.9. The molecule has 0 unspecified atom stereocenters. The number of hydrogen-bond donors (Lipinski definition) is 1. The van der Waals surface area contributed by atoms with Gasteiger partial charge in [0.25, 0.3) is 0 Å². The maximum atomic E-state index is 5.41. The number of nitrogens with one attached hydrogen (secondary N) is 1. The molecule has 1 saturated heterocycles. The Morgan fingerprint density at radius 3 is 2.27 bits per heavy atom. The summed E-state index contributed by atoms with van der Waals surface area (Å²) in [5.74, 6) is 0.924. The number of hydrogen-bond acceptors (Lipinski definition) is 3. The molecule has 0 aromatic heterocycles. The van der Waals surface area contributed by atoms with Crippen molar-refractivity contribution < 1.29 is 4.74 Å². The zero-order chi connectivity index (χ0) is 14.8. The van der Waals surface area contributed by atoms with Crippen LogP contribution in [-0.4, -0.2) is 38.2 Å². The van der Waals surface area contributed by atoms with Gasteiger partial charge in [-0.3, -0.25) is 4.90 Å². The standard InChI is InChI=1S/C16H25BrN2O.2ClH/c1-16(2,3)15(19-9-7-18-8-10-19)13-11-12(20-4)5-6-14(13)17;;/h5-6,11,15,18H,7-10H2,1-4H3;2*1H/t15-;;/m0../s1. The number of piperazine rings is 1. The summed E-state index contributed by atoms with van der Waals surface area (Å²) in [6.07, 6.45) is 0. The van der Waals surface area contributed by atoms with Crippen molar-refractivity contribution >= 4 is 40.7 Å². The zero-order valence-electron chi connectivity index (χ0n) is 13.7. The molecule has 0 spiro atoms. The highest BCUT2D eigenvalue weighted by molar-refractivity contribution is 9.10. The molecule has 0 bridgehead atoms. The van der Waals surface area contributed by atoms with Gasteiger partial charge in [-0.2, -0.15) is 0 Å². The fourth-order valence-corrected chi connectivity index (χ4v) is 3.47. The van der Waals surface area contributed by atoms with Gasteiger partial charge >= 0.3 is 0 Å². The van der Waals surface area contributed by atoms with Crippen molar-refractivity contribution in [2.45, 2.75) is 26.8 Å². The third-order valence-corrected chi connectivity index (χ3v) is 4.56. The molecule has 2 rings (SSSR count). The zero-order valence-corrected chi connectivity index (χ0v) is 16.9. The minimum absolute atomic E-state index is 0. The minimum atomic E-state index is 0. The third-order valence-electron chi connectivity index (χ3n) is 3.83. The van der Waals surface area contributed by atoms with Gasteiger partial charge in [0, 0.05) is 36.7 Å². The predicted molar refractivity (Wildman–Crippen MR) is 102 cm³/mol. The lowest BCUT2D eigenvalue weighted by Crippen LogP contribution is -2.48. The van der Waals surface area contributed by atoms with Crippen molar-refractivity contribution in [1.29, 1.82) is 0 Å². The summed E-state index contributed by atoms with van der Waals surface area (Å²) in [4.78, 5) is 2.58. The van der Waals surface area contributed by atoms with Crippen molar-refractivity contribution in [2.24, 2.45) is 5.41 Å². The van der Waals surface area contributed by atoms with Gasteiger partial charge in [-0.15, -0.1) is 24.8 Å². The van der Waals surface area contributed by atoms with Crippen LogP contribution >= 0.6 is 40.7 Å². The van der Waals surface area contributed by atoms with E-state index in [1.54, 1.807) is 7.11 Å². The van der Waals surface area contributed by atoms with Gasteiger partial charge in [-0.05, 0) is 29.2 Å². The quantitative estimate of drug-likeness (QED) is 0.799. The summed E-state index contributed by atoms with van der Waals surface area (Å²) < 4.78 is 6.57. The van der Waals surface area contributed by atoms with Crippen LogP contribution in [-0.2, 0) is 0 Å². The maximum Gasteiger partial charge on any atom is 0.119 e. The molecule has 1 N–H and O–H groups in total. The molecule has 22 heavy (non-hydrogen) atoms. The summed E-state index contributed by atoms with van der Waals surface area (Å²) in [6.45, 7) is 11.2. The molecule has 1 aliphatic heterocycles. The molecule has 0 saturated carbocycles. The fourth-order valence-electron chi connectivity index (χ4n) is 3.01. The van der Waals surface area contributed by atoms with Gasteiger partial charge in [0.2, 0.25) is 0 Å². The average Bonchev–Trinajstić information content (AvgIpc) is 2.41. The summed E-state index contributed by atoms with van der Waals surface area (Å²) in [5, 5.41) is 3.43. The van der Waals surface area contributed by atoms with Gasteiger partial charge in [0.05, 0.1) is 7.11 Å². The fraction of sp³-hybridized carbons (Fsp3) is 0.625. The van der Waals surface area contributed by atoms with E-state index in [2.05, 4.69) is 59.1 Å². The second-order valence-corrected chi connectivity index (χ2v) is 7.30. The van der Waals surface area contributed by atoms with Crippen molar-refractivity contribution in [3.05, 3.63) is 28.2 Å². The largest absolute Gasteiger partial charge is 0.497 e. The first-order valence-corrected chi connectivity index (χ1v) is 8.01. The van der Waals surface area contributed by atoms with Crippen LogP contribution in [0, 0.1) is 5.41 Å². The van der Waals surface area contributed by atoms with Crippen LogP contribution in [0.25, 0.3) is 0 Å². The number of ether oxygens (including phenoxy) is 1. The number of rotatable bonds is 3. The van der Waals surface area contributed by atoms with E-state index in [4.69, 9.17) is 4.74 Å². The van der Waals surface area contributed by atoms with E-state index in [-0.39, 0.29) is 30.2 Å². The maximum absolute atomic E-state index is 5.41. The molecule has 1 atom stereocenters. The van der Waals surface area contributed by atoms with Crippen LogP contribution in [0.3, 0.4) is 0 Å². The van der Waals surface area contributed by atoms with Crippen LogP contribution < -0.4 is 10.1 Å². The van der Waals surface area contributed by atoms with Crippen molar-refractivity contribution in [3.63, 3.8) is 0 Å². The Labute approximate surface area is 155 Å². The van der Waals surface area contributed by atoms with E-state index in [1.807, 2.05) is 6.07 Å². The van der Waals surface area contributed by atoms with E-state index in [9.17, 15) is 0 Å². The van der Waals surface area contributed by atoms with Crippen molar-refractivity contribution in [1.82, 2.24) is 10.2 Å². The Kier molecular flexibility index (Phi) is 9.33. The molecule has 1 aliphatic rings. The van der Waals surface area contributed by atoms with Crippen LogP contribution in [0.5, 0.6) is 5.75 Å². The lowest BCUT2D eigenvalue weighted by atomic mass is 9.81. The molecule has 1 aromatic carbocycles. The average molecular weight is 414 g/mol. The molecule has 1 aromatic rings.